The second-order valence-corrected chi connectivity index (χ2v) is 2.24. The van der Waals surface area contributed by atoms with Crippen LogP contribution in [-0.4, -0.2) is 24.1 Å². The van der Waals surface area contributed by atoms with E-state index in [0.29, 0.717) is 6.42 Å². The molecule has 0 radical (unpaired) electrons. The molecule has 0 aromatic heterocycles. The number of hydrogen-bond acceptors (Lipinski definition) is 2. The second-order valence-electron chi connectivity index (χ2n) is 2.24. The largest absolute Gasteiger partial charge is 0.390 e. The molecule has 0 saturated heterocycles. The van der Waals surface area contributed by atoms with Crippen LogP contribution in [0.15, 0.2) is 0 Å². The average molecular weight is 171 g/mol. The van der Waals surface area contributed by atoms with Crippen molar-refractivity contribution in [3.8, 4) is 0 Å². The lowest BCUT2D eigenvalue weighted by molar-refractivity contribution is -0.134. The molecule has 0 aromatic rings. The summed E-state index contributed by atoms with van der Waals surface area (Å²) in [6.45, 7) is 1.46. The van der Waals surface area contributed by atoms with Gasteiger partial charge in [-0.2, -0.15) is 13.2 Å². The first-order valence-electron chi connectivity index (χ1n) is 3.44. The molecule has 2 N–H and O–H groups in total. The van der Waals surface area contributed by atoms with Crippen molar-refractivity contribution in [2.75, 3.05) is 6.54 Å². The summed E-state index contributed by atoms with van der Waals surface area (Å²) in [6, 6.07) is 0. The lowest BCUT2D eigenvalue weighted by Gasteiger charge is -2.11. The zero-order valence-corrected chi connectivity index (χ0v) is 6.28. The Balaban J connectivity index is 3.28. The highest BCUT2D eigenvalue weighted by atomic mass is 19.4. The Morgan fingerprint density at radius 2 is 2.00 bits per heavy atom. The number of alkyl halides is 3. The van der Waals surface area contributed by atoms with Crippen LogP contribution in [-0.2, 0) is 0 Å². The number of nitrogens with one attached hydrogen (secondary N) is 1. The van der Waals surface area contributed by atoms with Crippen LogP contribution in [0.1, 0.15) is 19.8 Å². The molecule has 0 spiro atoms. The highest BCUT2D eigenvalue weighted by Gasteiger charge is 2.26. The summed E-state index contributed by atoms with van der Waals surface area (Å²) in [5.41, 5.74) is 0. The van der Waals surface area contributed by atoms with Gasteiger partial charge in [-0.3, -0.25) is 5.32 Å². The quantitative estimate of drug-likeness (QED) is 0.624. The van der Waals surface area contributed by atoms with Crippen LogP contribution < -0.4 is 5.32 Å². The fourth-order valence-electron chi connectivity index (χ4n) is 0.525. The van der Waals surface area contributed by atoms with Gasteiger partial charge in [0, 0.05) is 6.54 Å². The molecule has 0 amide bonds. The van der Waals surface area contributed by atoms with Crippen LogP contribution in [0.5, 0.6) is 0 Å². The van der Waals surface area contributed by atoms with Crippen molar-refractivity contribution in [3.63, 3.8) is 0 Å². The highest BCUT2D eigenvalue weighted by molar-refractivity contribution is 4.55. The molecule has 0 fully saturated rings. The third kappa shape index (κ3) is 7.61. The molecule has 1 atom stereocenters. The maximum Gasteiger partial charge on any atom is 0.390 e. The number of halogens is 3. The van der Waals surface area contributed by atoms with Crippen molar-refractivity contribution >= 4 is 0 Å². The van der Waals surface area contributed by atoms with E-state index < -0.39 is 18.8 Å². The van der Waals surface area contributed by atoms with Crippen LogP contribution in [0.2, 0.25) is 0 Å². The Labute approximate surface area is 63.4 Å². The summed E-state index contributed by atoms with van der Waals surface area (Å²) in [7, 11) is 0. The molecule has 68 valence electrons. The van der Waals surface area contributed by atoms with Gasteiger partial charge in [0.05, 0.1) is 6.42 Å². The van der Waals surface area contributed by atoms with E-state index in [1.54, 1.807) is 6.92 Å². The van der Waals surface area contributed by atoms with E-state index in [4.69, 9.17) is 5.11 Å². The molecule has 0 bridgehead atoms. The normalized spacial score (nSPS) is 15.0. The topological polar surface area (TPSA) is 32.3 Å². The molecule has 0 aliphatic carbocycles. The Bertz CT molecular complexity index is 104. The van der Waals surface area contributed by atoms with E-state index in [1.807, 2.05) is 0 Å². The van der Waals surface area contributed by atoms with Gasteiger partial charge in [0.15, 0.2) is 0 Å². The molecular formula is C6H12F3NO. The third-order valence-electron chi connectivity index (χ3n) is 1.18. The van der Waals surface area contributed by atoms with Crippen LogP contribution in [0.3, 0.4) is 0 Å². The first-order chi connectivity index (χ1) is 4.95. The van der Waals surface area contributed by atoms with Gasteiger partial charge in [-0.25, -0.2) is 0 Å². The minimum absolute atomic E-state index is 0.224. The lowest BCUT2D eigenvalue weighted by Crippen LogP contribution is -2.31. The first-order valence-corrected chi connectivity index (χ1v) is 3.44. The molecule has 0 aliphatic heterocycles. The zero-order valence-electron chi connectivity index (χ0n) is 6.28. The summed E-state index contributed by atoms with van der Waals surface area (Å²) < 4.78 is 34.5. The maximum atomic E-state index is 11.5. The molecule has 0 aliphatic rings. The number of hydrogen-bond donors (Lipinski definition) is 2. The summed E-state index contributed by atoms with van der Waals surface area (Å²) in [5.74, 6) is 0. The minimum Gasteiger partial charge on any atom is -0.379 e. The summed E-state index contributed by atoms with van der Waals surface area (Å²) in [5, 5.41) is 11.1. The molecule has 0 heterocycles. The smallest absolute Gasteiger partial charge is 0.379 e. The standard InChI is InChI=1S/C6H12F3NO/c1-2-5(11)10-4-3-6(7,8)9/h5,10-11H,2-4H2,1H3. The lowest BCUT2D eigenvalue weighted by atomic mass is 10.4. The van der Waals surface area contributed by atoms with E-state index in [2.05, 4.69) is 5.32 Å². The molecule has 2 nitrogen and oxygen atoms in total. The average Bonchev–Trinajstić information content (AvgIpc) is 1.85. The van der Waals surface area contributed by atoms with Crippen molar-refractivity contribution in [2.45, 2.75) is 32.2 Å². The van der Waals surface area contributed by atoms with Crippen molar-refractivity contribution < 1.29 is 18.3 Å². The van der Waals surface area contributed by atoms with Gasteiger partial charge >= 0.3 is 6.18 Å². The number of aliphatic hydroxyl groups is 1. The van der Waals surface area contributed by atoms with E-state index in [1.165, 1.54) is 0 Å². The summed E-state index contributed by atoms with van der Waals surface area (Å²) in [6.07, 6.45) is -5.44. The van der Waals surface area contributed by atoms with Gasteiger partial charge in [-0.1, -0.05) is 6.92 Å². The van der Waals surface area contributed by atoms with Crippen molar-refractivity contribution in [1.29, 1.82) is 0 Å². The summed E-state index contributed by atoms with van der Waals surface area (Å²) >= 11 is 0. The monoisotopic (exact) mass is 171 g/mol. The predicted molar refractivity (Wildman–Crippen MR) is 35.0 cm³/mol. The van der Waals surface area contributed by atoms with Gasteiger partial charge in [-0.15, -0.1) is 0 Å². The Morgan fingerprint density at radius 1 is 1.45 bits per heavy atom. The first kappa shape index (κ1) is 10.7. The SMILES string of the molecule is CCC(O)NCCC(F)(F)F. The van der Waals surface area contributed by atoms with Gasteiger partial charge in [0.25, 0.3) is 0 Å². The van der Waals surface area contributed by atoms with E-state index in [-0.39, 0.29) is 6.54 Å². The fraction of sp³-hybridized carbons (Fsp3) is 1.00. The molecular weight excluding hydrogens is 159 g/mol. The van der Waals surface area contributed by atoms with E-state index in [9.17, 15) is 13.2 Å². The van der Waals surface area contributed by atoms with E-state index >= 15 is 0 Å². The number of rotatable bonds is 4. The Kier molecular flexibility index (Phi) is 4.44. The second kappa shape index (κ2) is 4.56. The molecule has 5 heteroatoms. The predicted octanol–water partition coefficient (Wildman–Crippen LogP) is 1.26. The van der Waals surface area contributed by atoms with Crippen LogP contribution >= 0.6 is 0 Å². The molecule has 0 saturated carbocycles. The van der Waals surface area contributed by atoms with Gasteiger partial charge < -0.3 is 5.11 Å². The van der Waals surface area contributed by atoms with Crippen molar-refractivity contribution in [3.05, 3.63) is 0 Å². The Hall–Kier alpha value is -0.290. The third-order valence-corrected chi connectivity index (χ3v) is 1.18. The highest BCUT2D eigenvalue weighted by Crippen LogP contribution is 2.18. The maximum absolute atomic E-state index is 11.5. The zero-order chi connectivity index (χ0) is 8.91. The van der Waals surface area contributed by atoms with Crippen LogP contribution in [0.25, 0.3) is 0 Å². The molecule has 0 aromatic carbocycles. The summed E-state index contributed by atoms with van der Waals surface area (Å²) in [4.78, 5) is 0. The Morgan fingerprint density at radius 3 is 2.36 bits per heavy atom. The van der Waals surface area contributed by atoms with Crippen molar-refractivity contribution in [1.82, 2.24) is 5.32 Å². The molecule has 11 heavy (non-hydrogen) atoms. The van der Waals surface area contributed by atoms with Crippen LogP contribution in [0.4, 0.5) is 13.2 Å². The van der Waals surface area contributed by atoms with E-state index in [0.717, 1.165) is 0 Å². The van der Waals surface area contributed by atoms with Gasteiger partial charge in [0.1, 0.15) is 6.23 Å². The number of aliphatic hydroxyl groups excluding tert-OH is 1. The minimum atomic E-state index is -4.14. The fourth-order valence-corrected chi connectivity index (χ4v) is 0.525. The molecule has 0 rings (SSSR count). The van der Waals surface area contributed by atoms with Gasteiger partial charge in [0.2, 0.25) is 0 Å². The van der Waals surface area contributed by atoms with Gasteiger partial charge in [-0.05, 0) is 6.42 Å². The van der Waals surface area contributed by atoms with Crippen molar-refractivity contribution in [2.24, 2.45) is 0 Å². The molecule has 1 unspecified atom stereocenters. The van der Waals surface area contributed by atoms with Crippen LogP contribution in [0, 0.1) is 0 Å².